The van der Waals surface area contributed by atoms with Gasteiger partial charge in [0.25, 0.3) is 0 Å². The third-order valence-corrected chi connectivity index (χ3v) is 6.26. The van der Waals surface area contributed by atoms with Crippen molar-refractivity contribution in [2.45, 2.75) is 32.2 Å². The van der Waals surface area contributed by atoms with Crippen molar-refractivity contribution < 1.29 is 14.3 Å². The van der Waals surface area contributed by atoms with Crippen molar-refractivity contribution in [3.63, 3.8) is 0 Å². The van der Waals surface area contributed by atoms with Gasteiger partial charge >= 0.3 is 0 Å². The molecule has 0 bridgehead atoms. The maximum atomic E-state index is 13.3. The topological polar surface area (TPSA) is 56.1 Å². The summed E-state index contributed by atoms with van der Waals surface area (Å²) >= 11 is 0. The number of pyridine rings is 1. The molecule has 0 N–H and O–H groups in total. The fourth-order valence-corrected chi connectivity index (χ4v) is 4.70. The molecule has 0 saturated carbocycles. The zero-order chi connectivity index (χ0) is 20.0. The Morgan fingerprint density at radius 2 is 1.90 bits per heavy atom. The van der Waals surface area contributed by atoms with Gasteiger partial charge in [-0.1, -0.05) is 6.07 Å². The minimum atomic E-state index is 0.0179. The lowest BCUT2D eigenvalue weighted by molar-refractivity contribution is -0.136. The van der Waals surface area contributed by atoms with Crippen molar-refractivity contribution in [2.24, 2.45) is 5.92 Å². The van der Waals surface area contributed by atoms with Crippen LogP contribution in [0.5, 0.6) is 11.5 Å². The third-order valence-electron chi connectivity index (χ3n) is 6.26. The van der Waals surface area contributed by atoms with Crippen molar-refractivity contribution in [3.05, 3.63) is 59.0 Å². The fourth-order valence-electron chi connectivity index (χ4n) is 4.70. The predicted molar refractivity (Wildman–Crippen MR) is 109 cm³/mol. The van der Waals surface area contributed by atoms with E-state index in [9.17, 15) is 4.79 Å². The van der Waals surface area contributed by atoms with Crippen LogP contribution in [0.15, 0.2) is 36.5 Å². The number of nitrogens with zero attached hydrogens (tertiary/aromatic N) is 3. The number of fused-ring (bicyclic) bond motifs is 4. The van der Waals surface area contributed by atoms with E-state index in [4.69, 9.17) is 14.5 Å². The molecular formula is C23H25N3O3. The lowest BCUT2D eigenvalue weighted by atomic mass is 9.87. The van der Waals surface area contributed by atoms with Gasteiger partial charge in [0.1, 0.15) is 5.65 Å². The lowest BCUT2D eigenvalue weighted by Crippen LogP contribution is -2.41. The molecule has 6 nitrogen and oxygen atoms in total. The van der Waals surface area contributed by atoms with Gasteiger partial charge in [-0.05, 0) is 54.7 Å². The van der Waals surface area contributed by atoms with Crippen LogP contribution < -0.4 is 9.47 Å². The Balaban J connectivity index is 1.37. The normalized spacial score (nSPS) is 18.3. The number of aryl methyl sites for hydroxylation is 1. The number of benzene rings is 1. The van der Waals surface area contributed by atoms with E-state index in [1.807, 2.05) is 41.4 Å². The molecule has 1 unspecified atom stereocenters. The number of carbonyl (C=O) groups is 1. The van der Waals surface area contributed by atoms with E-state index < -0.39 is 0 Å². The molecule has 1 aliphatic carbocycles. The van der Waals surface area contributed by atoms with Crippen LogP contribution in [0, 0.1) is 5.92 Å². The van der Waals surface area contributed by atoms with Crippen LogP contribution in [-0.4, -0.2) is 41.0 Å². The number of methoxy groups -OCH3 is 2. The summed E-state index contributed by atoms with van der Waals surface area (Å²) in [5.41, 5.74) is 5.68. The number of aromatic nitrogens is 2. The highest BCUT2D eigenvalue weighted by Gasteiger charge is 2.32. The molecule has 0 spiro atoms. The van der Waals surface area contributed by atoms with E-state index in [1.165, 1.54) is 11.3 Å². The molecule has 29 heavy (non-hydrogen) atoms. The maximum absolute atomic E-state index is 13.3. The highest BCUT2D eigenvalue weighted by Crippen LogP contribution is 2.34. The Bertz CT molecular complexity index is 1090. The Morgan fingerprint density at radius 1 is 1.10 bits per heavy atom. The van der Waals surface area contributed by atoms with Crippen LogP contribution in [-0.2, 0) is 30.6 Å². The molecule has 0 radical (unpaired) electrons. The van der Waals surface area contributed by atoms with Gasteiger partial charge < -0.3 is 18.8 Å². The maximum Gasteiger partial charge on any atom is 0.226 e. The summed E-state index contributed by atoms with van der Waals surface area (Å²) in [6.45, 7) is 1.38. The second-order valence-electron chi connectivity index (χ2n) is 7.86. The molecule has 1 aromatic carbocycles. The van der Waals surface area contributed by atoms with Crippen LogP contribution in [0.2, 0.25) is 0 Å². The van der Waals surface area contributed by atoms with Crippen molar-refractivity contribution in [3.8, 4) is 11.5 Å². The number of carbonyl (C=O) groups excluding carboxylic acids is 1. The second kappa shape index (κ2) is 7.10. The molecule has 150 valence electrons. The largest absolute Gasteiger partial charge is 0.493 e. The summed E-state index contributed by atoms with van der Waals surface area (Å²) in [6, 6.07) is 10.1. The van der Waals surface area contributed by atoms with E-state index in [0.717, 1.165) is 54.9 Å². The quantitative estimate of drug-likeness (QED) is 0.689. The molecule has 5 rings (SSSR count). The summed E-state index contributed by atoms with van der Waals surface area (Å²) < 4.78 is 13.0. The SMILES string of the molecule is COc1cc2c(cc1OC)CN(C(=O)C1CCc3nc4ccccn4c3C1)CC2. The van der Waals surface area contributed by atoms with E-state index in [-0.39, 0.29) is 11.8 Å². The van der Waals surface area contributed by atoms with Gasteiger partial charge in [0.2, 0.25) is 5.91 Å². The summed E-state index contributed by atoms with van der Waals surface area (Å²) in [4.78, 5) is 20.1. The van der Waals surface area contributed by atoms with Crippen LogP contribution in [0.25, 0.3) is 5.65 Å². The molecule has 1 atom stereocenters. The van der Waals surface area contributed by atoms with Gasteiger partial charge in [-0.3, -0.25) is 4.79 Å². The molecule has 3 aromatic rings. The molecule has 1 aliphatic heterocycles. The predicted octanol–water partition coefficient (Wildman–Crippen LogP) is 3.04. The van der Waals surface area contributed by atoms with Crippen LogP contribution >= 0.6 is 0 Å². The van der Waals surface area contributed by atoms with Crippen molar-refractivity contribution in [1.29, 1.82) is 0 Å². The zero-order valence-electron chi connectivity index (χ0n) is 16.9. The zero-order valence-corrected chi connectivity index (χ0v) is 16.9. The summed E-state index contributed by atoms with van der Waals surface area (Å²) in [6.07, 6.45) is 5.38. The van der Waals surface area contributed by atoms with Gasteiger partial charge in [-0.2, -0.15) is 0 Å². The molecular weight excluding hydrogens is 366 g/mol. The third kappa shape index (κ3) is 3.03. The van der Waals surface area contributed by atoms with Crippen LogP contribution in [0.1, 0.15) is 28.9 Å². The van der Waals surface area contributed by atoms with E-state index >= 15 is 0 Å². The number of rotatable bonds is 3. The number of ether oxygens (including phenoxy) is 2. The van der Waals surface area contributed by atoms with Gasteiger partial charge in [0, 0.05) is 37.3 Å². The monoisotopic (exact) mass is 391 g/mol. The molecule has 2 aliphatic rings. The molecule has 0 fully saturated rings. The molecule has 0 saturated heterocycles. The summed E-state index contributed by atoms with van der Waals surface area (Å²) in [7, 11) is 3.30. The van der Waals surface area contributed by atoms with E-state index in [1.54, 1.807) is 14.2 Å². The van der Waals surface area contributed by atoms with Crippen molar-refractivity contribution >= 4 is 11.6 Å². The number of hydrogen-bond acceptors (Lipinski definition) is 4. The standard InChI is InChI=1S/C23H25N3O3/c1-28-20-12-15-8-10-25(14-17(15)13-21(20)29-2)23(27)16-6-7-18-19(11-16)26-9-4-3-5-22(26)24-18/h3-5,9,12-13,16H,6-8,10-11,14H2,1-2H3. The van der Waals surface area contributed by atoms with E-state index in [2.05, 4.69) is 4.40 Å². The smallest absolute Gasteiger partial charge is 0.226 e. The first-order chi connectivity index (χ1) is 14.2. The Labute approximate surface area is 170 Å². The molecule has 2 aromatic heterocycles. The number of amides is 1. The summed E-state index contributed by atoms with van der Waals surface area (Å²) in [5, 5.41) is 0. The highest BCUT2D eigenvalue weighted by molar-refractivity contribution is 5.80. The Hall–Kier alpha value is -3.02. The first-order valence-corrected chi connectivity index (χ1v) is 10.2. The molecule has 3 heterocycles. The lowest BCUT2D eigenvalue weighted by Gasteiger charge is -2.33. The molecule has 1 amide bonds. The van der Waals surface area contributed by atoms with Crippen molar-refractivity contribution in [2.75, 3.05) is 20.8 Å². The van der Waals surface area contributed by atoms with E-state index in [0.29, 0.717) is 12.3 Å². The average molecular weight is 391 g/mol. The average Bonchev–Trinajstić information content (AvgIpc) is 3.15. The number of hydrogen-bond donors (Lipinski definition) is 0. The first kappa shape index (κ1) is 18.0. The van der Waals surface area contributed by atoms with Crippen molar-refractivity contribution in [1.82, 2.24) is 14.3 Å². The van der Waals surface area contributed by atoms with Gasteiger partial charge in [-0.15, -0.1) is 0 Å². The minimum Gasteiger partial charge on any atom is -0.493 e. The molecule has 6 heteroatoms. The Morgan fingerprint density at radius 3 is 2.69 bits per heavy atom. The van der Waals surface area contributed by atoms with Gasteiger partial charge in [-0.25, -0.2) is 4.98 Å². The highest BCUT2D eigenvalue weighted by atomic mass is 16.5. The second-order valence-corrected chi connectivity index (χ2v) is 7.86. The first-order valence-electron chi connectivity index (χ1n) is 10.2. The van der Waals surface area contributed by atoms with Crippen LogP contribution in [0.4, 0.5) is 0 Å². The minimum absolute atomic E-state index is 0.0179. The van der Waals surface area contributed by atoms with Gasteiger partial charge in [0.05, 0.1) is 19.9 Å². The Kier molecular flexibility index (Phi) is 4.42. The fraction of sp³-hybridized carbons (Fsp3) is 0.391. The van der Waals surface area contributed by atoms with Crippen LogP contribution in [0.3, 0.4) is 0 Å². The van der Waals surface area contributed by atoms with Gasteiger partial charge in [0.15, 0.2) is 11.5 Å². The summed E-state index contributed by atoms with van der Waals surface area (Å²) in [5.74, 6) is 1.73. The number of imidazole rings is 1.